The summed E-state index contributed by atoms with van der Waals surface area (Å²) in [5.41, 5.74) is 0. The third-order valence-corrected chi connectivity index (χ3v) is 5.61. The molecule has 2 rings (SSSR count). The summed E-state index contributed by atoms with van der Waals surface area (Å²) in [6, 6.07) is 0.510. The van der Waals surface area contributed by atoms with Gasteiger partial charge in [0, 0.05) is 23.8 Å². The maximum atomic E-state index is 5.07. The van der Waals surface area contributed by atoms with Crippen LogP contribution in [0.15, 0.2) is 4.52 Å². The van der Waals surface area contributed by atoms with E-state index in [9.17, 15) is 0 Å². The molecule has 15 heavy (non-hydrogen) atoms. The Balaban J connectivity index is 2.12. The molecule has 0 aromatic carbocycles. The van der Waals surface area contributed by atoms with Crippen molar-refractivity contribution in [1.29, 1.82) is 0 Å². The van der Waals surface area contributed by atoms with Gasteiger partial charge in [0.05, 0.1) is 5.25 Å². The Labute approximate surface area is 98.0 Å². The molecule has 1 aromatic rings. The van der Waals surface area contributed by atoms with Crippen LogP contribution in [0.5, 0.6) is 0 Å². The Morgan fingerprint density at radius 3 is 2.93 bits per heavy atom. The van der Waals surface area contributed by atoms with Crippen molar-refractivity contribution in [2.45, 2.75) is 23.8 Å². The van der Waals surface area contributed by atoms with Gasteiger partial charge in [0.15, 0.2) is 5.82 Å². The van der Waals surface area contributed by atoms with Gasteiger partial charge < -0.3 is 9.84 Å². The maximum absolute atomic E-state index is 5.07. The molecule has 84 valence electrons. The molecule has 0 saturated carbocycles. The second kappa shape index (κ2) is 5.12. The van der Waals surface area contributed by atoms with Gasteiger partial charge in [-0.1, -0.05) is 12.1 Å². The average molecular weight is 245 g/mol. The number of hydrogen-bond acceptors (Lipinski definition) is 6. The maximum Gasteiger partial charge on any atom is 0.321 e. The number of anilines is 1. The Hall–Kier alpha value is -0.360. The summed E-state index contributed by atoms with van der Waals surface area (Å²) < 4.78 is 5.07. The normalized spacial score (nSPS) is 26.5. The molecule has 0 amide bonds. The van der Waals surface area contributed by atoms with E-state index in [1.807, 2.05) is 23.5 Å². The first-order valence-corrected chi connectivity index (χ1v) is 7.19. The van der Waals surface area contributed by atoms with Gasteiger partial charge in [0.2, 0.25) is 0 Å². The first-order valence-electron chi connectivity index (χ1n) is 5.09. The van der Waals surface area contributed by atoms with Crippen LogP contribution < -0.4 is 5.32 Å². The minimum absolute atomic E-state index is 0.389. The topological polar surface area (TPSA) is 51.0 Å². The highest BCUT2D eigenvalue weighted by Gasteiger charge is 2.30. The van der Waals surface area contributed by atoms with E-state index in [2.05, 4.69) is 22.4 Å². The molecular weight excluding hydrogens is 230 g/mol. The van der Waals surface area contributed by atoms with Crippen molar-refractivity contribution >= 4 is 29.5 Å². The molecular formula is C9H15N3OS2. The molecule has 4 nitrogen and oxygen atoms in total. The van der Waals surface area contributed by atoms with Gasteiger partial charge >= 0.3 is 6.01 Å². The van der Waals surface area contributed by atoms with Crippen molar-refractivity contribution in [2.75, 3.05) is 23.9 Å². The largest absolute Gasteiger partial charge is 0.341 e. The summed E-state index contributed by atoms with van der Waals surface area (Å²) in [7, 11) is 1.79. The van der Waals surface area contributed by atoms with Crippen molar-refractivity contribution in [3.63, 3.8) is 0 Å². The van der Waals surface area contributed by atoms with Gasteiger partial charge in [0.1, 0.15) is 0 Å². The third kappa shape index (κ3) is 2.42. The predicted octanol–water partition coefficient (Wildman–Crippen LogP) is 2.41. The first kappa shape index (κ1) is 11.1. The van der Waals surface area contributed by atoms with E-state index >= 15 is 0 Å². The summed E-state index contributed by atoms with van der Waals surface area (Å²) in [5.74, 6) is 3.24. The number of aromatic nitrogens is 2. The van der Waals surface area contributed by atoms with E-state index < -0.39 is 0 Å². The molecule has 1 aliphatic heterocycles. The lowest BCUT2D eigenvalue weighted by Crippen LogP contribution is -2.19. The molecule has 2 atom stereocenters. The number of rotatable bonds is 3. The van der Waals surface area contributed by atoms with Crippen LogP contribution >= 0.6 is 23.5 Å². The number of nitrogens with one attached hydrogen (secondary N) is 1. The number of thioether (sulfide) groups is 2. The Kier molecular flexibility index (Phi) is 3.80. The highest BCUT2D eigenvalue weighted by molar-refractivity contribution is 8.06. The molecule has 0 aliphatic carbocycles. The quantitative estimate of drug-likeness (QED) is 0.882. The van der Waals surface area contributed by atoms with E-state index in [1.54, 1.807) is 7.05 Å². The van der Waals surface area contributed by atoms with Gasteiger partial charge in [-0.25, -0.2) is 0 Å². The van der Waals surface area contributed by atoms with Crippen LogP contribution in [0.25, 0.3) is 0 Å². The standard InChI is InChI=1S/C9H15N3OS2/c1-3-6-7(15-5-4-14-6)8-11-9(10-2)13-12-8/h6-7H,3-5H2,1-2H3,(H,10,11,12). The zero-order valence-electron chi connectivity index (χ0n) is 8.90. The zero-order valence-corrected chi connectivity index (χ0v) is 10.5. The second-order valence-electron chi connectivity index (χ2n) is 3.32. The van der Waals surface area contributed by atoms with Crippen molar-refractivity contribution in [3.05, 3.63) is 5.82 Å². The first-order chi connectivity index (χ1) is 7.35. The third-order valence-electron chi connectivity index (χ3n) is 2.36. The van der Waals surface area contributed by atoms with Crippen LogP contribution in [-0.2, 0) is 0 Å². The highest BCUT2D eigenvalue weighted by atomic mass is 32.2. The average Bonchev–Trinajstić information content (AvgIpc) is 2.77. The van der Waals surface area contributed by atoms with Crippen molar-refractivity contribution < 1.29 is 4.52 Å². The fourth-order valence-electron chi connectivity index (χ4n) is 1.59. The lowest BCUT2D eigenvalue weighted by molar-refractivity contribution is 0.423. The monoisotopic (exact) mass is 245 g/mol. The van der Waals surface area contributed by atoms with Crippen molar-refractivity contribution in [3.8, 4) is 0 Å². The Morgan fingerprint density at radius 2 is 2.27 bits per heavy atom. The van der Waals surface area contributed by atoms with Gasteiger partial charge in [-0.05, 0) is 6.42 Å². The van der Waals surface area contributed by atoms with Crippen LogP contribution in [0.4, 0.5) is 6.01 Å². The fraction of sp³-hybridized carbons (Fsp3) is 0.778. The van der Waals surface area contributed by atoms with E-state index in [-0.39, 0.29) is 0 Å². The summed E-state index contributed by atoms with van der Waals surface area (Å²) in [4.78, 5) is 4.33. The molecule has 2 heterocycles. The van der Waals surface area contributed by atoms with E-state index in [0.29, 0.717) is 16.5 Å². The fourth-order valence-corrected chi connectivity index (χ4v) is 4.58. The number of nitrogens with zero attached hydrogens (tertiary/aromatic N) is 2. The molecule has 6 heteroatoms. The summed E-state index contributed by atoms with van der Waals surface area (Å²) in [6.45, 7) is 2.22. The molecule has 1 aromatic heterocycles. The molecule has 1 fully saturated rings. The van der Waals surface area contributed by atoms with Gasteiger partial charge in [-0.2, -0.15) is 16.7 Å². The highest BCUT2D eigenvalue weighted by Crippen LogP contribution is 2.42. The second-order valence-corrected chi connectivity index (χ2v) is 5.91. The van der Waals surface area contributed by atoms with Crippen LogP contribution in [0.1, 0.15) is 24.4 Å². The van der Waals surface area contributed by atoms with E-state index in [4.69, 9.17) is 4.52 Å². The minimum Gasteiger partial charge on any atom is -0.341 e. The minimum atomic E-state index is 0.389. The summed E-state index contributed by atoms with van der Waals surface area (Å²) in [6.07, 6.45) is 1.16. The molecule has 1 N–H and O–H groups in total. The Bertz CT molecular complexity index is 318. The lowest BCUT2D eigenvalue weighted by atomic mass is 10.2. The van der Waals surface area contributed by atoms with Gasteiger partial charge in [-0.3, -0.25) is 0 Å². The van der Waals surface area contributed by atoms with Crippen molar-refractivity contribution in [1.82, 2.24) is 10.1 Å². The van der Waals surface area contributed by atoms with Crippen molar-refractivity contribution in [2.24, 2.45) is 0 Å². The molecule has 2 unspecified atom stereocenters. The molecule has 0 spiro atoms. The molecule has 1 aliphatic rings. The van der Waals surface area contributed by atoms with Crippen LogP contribution in [0, 0.1) is 0 Å². The molecule has 0 radical (unpaired) electrons. The Morgan fingerprint density at radius 1 is 1.47 bits per heavy atom. The van der Waals surface area contributed by atoms with E-state index in [1.165, 1.54) is 11.5 Å². The van der Waals surface area contributed by atoms with Gasteiger partial charge in [-0.15, -0.1) is 11.8 Å². The summed E-state index contributed by atoms with van der Waals surface area (Å²) >= 11 is 3.96. The molecule has 1 saturated heterocycles. The van der Waals surface area contributed by atoms with Crippen LogP contribution in [0.3, 0.4) is 0 Å². The number of hydrogen-bond donors (Lipinski definition) is 1. The van der Waals surface area contributed by atoms with Crippen LogP contribution in [-0.4, -0.2) is 33.9 Å². The van der Waals surface area contributed by atoms with E-state index in [0.717, 1.165) is 12.2 Å². The zero-order chi connectivity index (χ0) is 10.7. The SMILES string of the molecule is CCC1SCCSC1c1noc(NC)n1. The predicted molar refractivity (Wildman–Crippen MR) is 65.6 cm³/mol. The van der Waals surface area contributed by atoms with Gasteiger partial charge in [0.25, 0.3) is 0 Å². The van der Waals surface area contributed by atoms with Crippen LogP contribution in [0.2, 0.25) is 0 Å². The summed E-state index contributed by atoms with van der Waals surface area (Å²) in [5, 5.41) is 7.89. The smallest absolute Gasteiger partial charge is 0.321 e. The molecule has 0 bridgehead atoms. The lowest BCUT2D eigenvalue weighted by Gasteiger charge is -2.27.